The standard InChI is InChI=1S/C18H20FN3O3S/c1-22(16-7-9-26(24,25)12-16)18(23)14-6-8-20-17(10-14)21-11-13-2-4-15(19)5-3-13/h2-6,8,10,16H,7,9,11-12H2,1H3,(H,20,21). The van der Waals surface area contributed by atoms with Crippen molar-refractivity contribution in [2.75, 3.05) is 23.9 Å². The number of amides is 1. The van der Waals surface area contributed by atoms with E-state index in [1.54, 1.807) is 31.3 Å². The Morgan fingerprint density at radius 1 is 1.31 bits per heavy atom. The van der Waals surface area contributed by atoms with E-state index in [4.69, 9.17) is 0 Å². The first-order valence-corrected chi connectivity index (χ1v) is 10.1. The van der Waals surface area contributed by atoms with E-state index in [0.29, 0.717) is 24.3 Å². The second-order valence-corrected chi connectivity index (χ2v) is 8.61. The van der Waals surface area contributed by atoms with Gasteiger partial charge >= 0.3 is 0 Å². The molecule has 1 aromatic carbocycles. The molecule has 0 aliphatic carbocycles. The minimum Gasteiger partial charge on any atom is -0.366 e. The van der Waals surface area contributed by atoms with E-state index < -0.39 is 9.84 Å². The third-order valence-electron chi connectivity index (χ3n) is 4.47. The summed E-state index contributed by atoms with van der Waals surface area (Å²) in [6.45, 7) is 0.446. The Balaban J connectivity index is 1.66. The predicted octanol–water partition coefficient (Wildman–Crippen LogP) is 2.09. The summed E-state index contributed by atoms with van der Waals surface area (Å²) in [5.41, 5.74) is 1.33. The van der Waals surface area contributed by atoms with Gasteiger partial charge in [-0.3, -0.25) is 4.79 Å². The van der Waals surface area contributed by atoms with Crippen molar-refractivity contribution >= 4 is 21.6 Å². The van der Waals surface area contributed by atoms with Gasteiger partial charge in [0.15, 0.2) is 9.84 Å². The SMILES string of the molecule is CN(C(=O)c1ccnc(NCc2ccc(F)cc2)c1)C1CCS(=O)(=O)C1. The van der Waals surface area contributed by atoms with E-state index in [0.717, 1.165) is 5.56 Å². The van der Waals surface area contributed by atoms with E-state index in [1.807, 2.05) is 0 Å². The van der Waals surface area contributed by atoms with Gasteiger partial charge in [0, 0.05) is 31.4 Å². The van der Waals surface area contributed by atoms with Gasteiger partial charge in [0.1, 0.15) is 11.6 Å². The van der Waals surface area contributed by atoms with Gasteiger partial charge in [0.25, 0.3) is 5.91 Å². The van der Waals surface area contributed by atoms with Crippen LogP contribution in [0.5, 0.6) is 0 Å². The van der Waals surface area contributed by atoms with Crippen molar-refractivity contribution in [2.45, 2.75) is 19.0 Å². The van der Waals surface area contributed by atoms with Crippen LogP contribution in [0.3, 0.4) is 0 Å². The number of anilines is 1. The highest BCUT2D eigenvalue weighted by Gasteiger charge is 2.33. The summed E-state index contributed by atoms with van der Waals surface area (Å²) < 4.78 is 36.2. The number of hydrogen-bond donors (Lipinski definition) is 1. The van der Waals surface area contributed by atoms with Crippen LogP contribution in [-0.4, -0.2) is 48.8 Å². The number of halogens is 1. The number of pyridine rings is 1. The molecular weight excluding hydrogens is 357 g/mol. The summed E-state index contributed by atoms with van der Waals surface area (Å²) in [4.78, 5) is 18.3. The fraction of sp³-hybridized carbons (Fsp3) is 0.333. The summed E-state index contributed by atoms with van der Waals surface area (Å²) in [6, 6.07) is 9.05. The number of carbonyl (C=O) groups excluding carboxylic acids is 1. The second kappa shape index (κ2) is 7.41. The van der Waals surface area contributed by atoms with Crippen molar-refractivity contribution in [3.8, 4) is 0 Å². The number of nitrogens with zero attached hydrogens (tertiary/aromatic N) is 2. The van der Waals surface area contributed by atoms with Crippen LogP contribution in [0, 0.1) is 5.82 Å². The largest absolute Gasteiger partial charge is 0.366 e. The Hall–Kier alpha value is -2.48. The molecule has 6 nitrogen and oxygen atoms in total. The molecule has 8 heteroatoms. The Morgan fingerprint density at radius 3 is 2.69 bits per heavy atom. The van der Waals surface area contributed by atoms with Gasteiger partial charge in [0.05, 0.1) is 11.5 Å². The molecule has 26 heavy (non-hydrogen) atoms. The van der Waals surface area contributed by atoms with Gasteiger partial charge in [-0.2, -0.15) is 0 Å². The number of aromatic nitrogens is 1. The summed E-state index contributed by atoms with van der Waals surface area (Å²) in [5, 5.41) is 3.10. The van der Waals surface area contributed by atoms with Crippen LogP contribution in [0.1, 0.15) is 22.3 Å². The van der Waals surface area contributed by atoms with Gasteiger partial charge in [-0.15, -0.1) is 0 Å². The minimum atomic E-state index is -3.05. The van der Waals surface area contributed by atoms with Crippen LogP contribution in [-0.2, 0) is 16.4 Å². The second-order valence-electron chi connectivity index (χ2n) is 6.38. The highest BCUT2D eigenvalue weighted by molar-refractivity contribution is 7.91. The summed E-state index contributed by atoms with van der Waals surface area (Å²) in [6.07, 6.45) is 1.99. The third kappa shape index (κ3) is 4.37. The molecule has 0 saturated carbocycles. The molecule has 1 atom stereocenters. The van der Waals surface area contributed by atoms with E-state index in [-0.39, 0.29) is 29.3 Å². The third-order valence-corrected chi connectivity index (χ3v) is 6.22. The molecule has 2 heterocycles. The molecule has 1 saturated heterocycles. The molecule has 1 aliphatic rings. The van der Waals surface area contributed by atoms with Gasteiger partial charge < -0.3 is 10.2 Å². The van der Waals surface area contributed by atoms with E-state index >= 15 is 0 Å². The normalized spacial score (nSPS) is 18.5. The number of rotatable bonds is 5. The fourth-order valence-corrected chi connectivity index (χ4v) is 4.68. The zero-order chi connectivity index (χ0) is 18.7. The minimum absolute atomic E-state index is 0.00992. The maximum Gasteiger partial charge on any atom is 0.254 e. The molecule has 0 spiro atoms. The van der Waals surface area contributed by atoms with E-state index in [1.165, 1.54) is 23.2 Å². The monoisotopic (exact) mass is 377 g/mol. The van der Waals surface area contributed by atoms with E-state index in [2.05, 4.69) is 10.3 Å². The van der Waals surface area contributed by atoms with Crippen molar-refractivity contribution in [2.24, 2.45) is 0 Å². The first-order valence-electron chi connectivity index (χ1n) is 8.26. The highest BCUT2D eigenvalue weighted by Crippen LogP contribution is 2.19. The van der Waals surface area contributed by atoms with Crippen LogP contribution in [0.25, 0.3) is 0 Å². The molecule has 3 rings (SSSR count). The quantitative estimate of drug-likeness (QED) is 0.863. The summed E-state index contributed by atoms with van der Waals surface area (Å²) in [7, 11) is -1.43. The maximum absolute atomic E-state index is 12.9. The van der Waals surface area contributed by atoms with Crippen LogP contribution in [0.4, 0.5) is 10.2 Å². The van der Waals surface area contributed by atoms with Crippen molar-refractivity contribution in [3.63, 3.8) is 0 Å². The lowest BCUT2D eigenvalue weighted by Crippen LogP contribution is -2.37. The zero-order valence-electron chi connectivity index (χ0n) is 14.4. The fourth-order valence-electron chi connectivity index (χ4n) is 2.91. The molecule has 1 aliphatic heterocycles. The van der Waals surface area contributed by atoms with Crippen molar-refractivity contribution in [1.82, 2.24) is 9.88 Å². The smallest absolute Gasteiger partial charge is 0.254 e. The lowest BCUT2D eigenvalue weighted by molar-refractivity contribution is 0.0747. The van der Waals surface area contributed by atoms with Crippen LogP contribution in [0.2, 0.25) is 0 Å². The average Bonchev–Trinajstić information content (AvgIpc) is 3.00. The molecule has 1 amide bonds. The van der Waals surface area contributed by atoms with E-state index in [9.17, 15) is 17.6 Å². The topological polar surface area (TPSA) is 79.4 Å². The number of benzene rings is 1. The lowest BCUT2D eigenvalue weighted by Gasteiger charge is -2.23. The molecule has 1 N–H and O–H groups in total. The van der Waals surface area contributed by atoms with Gasteiger partial charge in [-0.25, -0.2) is 17.8 Å². The number of hydrogen-bond acceptors (Lipinski definition) is 5. The predicted molar refractivity (Wildman–Crippen MR) is 97.1 cm³/mol. The first-order chi connectivity index (χ1) is 12.3. The maximum atomic E-state index is 12.9. The number of nitrogens with one attached hydrogen (secondary N) is 1. The van der Waals surface area contributed by atoms with Crippen LogP contribution >= 0.6 is 0 Å². The van der Waals surface area contributed by atoms with Crippen LogP contribution in [0.15, 0.2) is 42.6 Å². The Kier molecular flexibility index (Phi) is 5.22. The molecule has 1 aromatic heterocycles. The average molecular weight is 377 g/mol. The van der Waals surface area contributed by atoms with Crippen molar-refractivity contribution < 1.29 is 17.6 Å². The van der Waals surface area contributed by atoms with Crippen molar-refractivity contribution in [3.05, 3.63) is 59.5 Å². The molecule has 138 valence electrons. The van der Waals surface area contributed by atoms with Gasteiger partial charge in [-0.1, -0.05) is 12.1 Å². The molecule has 1 unspecified atom stereocenters. The number of carbonyl (C=O) groups is 1. The lowest BCUT2D eigenvalue weighted by atomic mass is 10.1. The Bertz CT molecular complexity index is 900. The Morgan fingerprint density at radius 2 is 2.04 bits per heavy atom. The molecule has 2 aromatic rings. The molecule has 0 radical (unpaired) electrons. The highest BCUT2D eigenvalue weighted by atomic mass is 32.2. The number of sulfone groups is 1. The molecular formula is C18H20FN3O3S. The van der Waals surface area contributed by atoms with Crippen molar-refractivity contribution in [1.29, 1.82) is 0 Å². The first kappa shape index (κ1) is 18.3. The van der Waals surface area contributed by atoms with Gasteiger partial charge in [0.2, 0.25) is 0 Å². The summed E-state index contributed by atoms with van der Waals surface area (Å²) >= 11 is 0. The van der Waals surface area contributed by atoms with Crippen LogP contribution < -0.4 is 5.32 Å². The molecule has 1 fully saturated rings. The Labute approximate surface area is 152 Å². The zero-order valence-corrected chi connectivity index (χ0v) is 15.2. The summed E-state index contributed by atoms with van der Waals surface area (Å²) in [5.74, 6) is 0.120. The molecule has 0 bridgehead atoms. The van der Waals surface area contributed by atoms with Gasteiger partial charge in [-0.05, 0) is 36.2 Å².